The van der Waals surface area contributed by atoms with E-state index >= 15 is 0 Å². The molecule has 1 amide bonds. The van der Waals surface area contributed by atoms with Crippen LogP contribution >= 0.6 is 11.6 Å². The molecule has 0 aliphatic carbocycles. The standard InChI is InChI=1S/C19H17ClF2N6O4S/c20-14-2-1-3-23-17(14)19(10-32-11-19)18(29)26-5-12-6-28(25-15(12)8-26)33(30,31)13-4-24-27(7-13)9-16(21)22/h1-4,6-7,16H,5,8-11H2. The molecule has 5 rings (SSSR count). The zero-order valence-electron chi connectivity index (χ0n) is 16.9. The normalized spacial score (nSPS) is 17.3. The summed E-state index contributed by atoms with van der Waals surface area (Å²) in [7, 11) is -4.11. The maximum Gasteiger partial charge on any atom is 0.286 e. The summed E-state index contributed by atoms with van der Waals surface area (Å²) in [5.41, 5.74) is 0.438. The lowest BCUT2D eigenvalue weighted by molar-refractivity contribution is -0.157. The van der Waals surface area contributed by atoms with Crippen molar-refractivity contribution in [1.82, 2.24) is 28.9 Å². The molecule has 0 N–H and O–H groups in total. The molecule has 1 fully saturated rings. The third-order valence-corrected chi connectivity index (χ3v) is 7.43. The van der Waals surface area contributed by atoms with Gasteiger partial charge in [-0.05, 0) is 12.1 Å². The number of pyridine rings is 1. The molecule has 0 bridgehead atoms. The maximum atomic E-state index is 13.4. The van der Waals surface area contributed by atoms with E-state index in [0.29, 0.717) is 22.0 Å². The number of carbonyl (C=O) groups is 1. The van der Waals surface area contributed by atoms with Crippen LogP contribution in [-0.2, 0) is 44.6 Å². The number of rotatable bonds is 6. The molecule has 1 saturated heterocycles. The monoisotopic (exact) mass is 498 g/mol. The molecule has 5 heterocycles. The first-order valence-electron chi connectivity index (χ1n) is 9.82. The summed E-state index contributed by atoms with van der Waals surface area (Å²) in [6, 6.07) is 3.34. The molecular weight excluding hydrogens is 482 g/mol. The van der Waals surface area contributed by atoms with Gasteiger partial charge in [-0.25, -0.2) is 8.78 Å². The fourth-order valence-electron chi connectivity index (χ4n) is 3.93. The van der Waals surface area contributed by atoms with E-state index in [1.165, 1.54) is 6.20 Å². The lowest BCUT2D eigenvalue weighted by atomic mass is 9.80. The maximum absolute atomic E-state index is 13.4. The van der Waals surface area contributed by atoms with E-state index in [-0.39, 0.29) is 37.1 Å². The van der Waals surface area contributed by atoms with Crippen LogP contribution in [0.15, 0.2) is 41.8 Å². The van der Waals surface area contributed by atoms with Gasteiger partial charge in [0.2, 0.25) is 5.91 Å². The number of hydrogen-bond acceptors (Lipinski definition) is 7. The molecule has 0 spiro atoms. The van der Waals surface area contributed by atoms with Crippen LogP contribution in [0.3, 0.4) is 0 Å². The summed E-state index contributed by atoms with van der Waals surface area (Å²) in [6.45, 7) is -0.163. The van der Waals surface area contributed by atoms with E-state index in [0.717, 1.165) is 21.2 Å². The smallest absolute Gasteiger partial charge is 0.286 e. The number of hydrogen-bond donors (Lipinski definition) is 0. The fraction of sp³-hybridized carbons (Fsp3) is 0.368. The van der Waals surface area contributed by atoms with Gasteiger partial charge in [0.05, 0.1) is 42.4 Å². The first-order chi connectivity index (χ1) is 15.7. The van der Waals surface area contributed by atoms with E-state index in [4.69, 9.17) is 16.3 Å². The molecule has 14 heteroatoms. The largest absolute Gasteiger partial charge is 0.378 e. The Labute approximate surface area is 191 Å². The van der Waals surface area contributed by atoms with Crippen LogP contribution < -0.4 is 0 Å². The zero-order valence-corrected chi connectivity index (χ0v) is 18.5. The molecule has 33 heavy (non-hydrogen) atoms. The highest BCUT2D eigenvalue weighted by Gasteiger charge is 2.52. The number of carbonyl (C=O) groups excluding carboxylic acids is 1. The van der Waals surface area contributed by atoms with Gasteiger partial charge < -0.3 is 9.64 Å². The number of nitrogens with zero attached hydrogens (tertiary/aromatic N) is 6. The second-order valence-corrected chi connectivity index (χ2v) is 10.0. The summed E-state index contributed by atoms with van der Waals surface area (Å²) in [5, 5.41) is 8.17. The quantitative estimate of drug-likeness (QED) is 0.505. The SMILES string of the molecule is O=C(N1Cc2cn(S(=O)(=O)c3cnn(CC(F)F)c3)nc2C1)C1(c2ncccc2Cl)COC1. The molecule has 10 nitrogen and oxygen atoms in total. The summed E-state index contributed by atoms with van der Waals surface area (Å²) < 4.78 is 57.7. The number of aromatic nitrogens is 5. The Kier molecular flexibility index (Phi) is 5.21. The predicted octanol–water partition coefficient (Wildman–Crippen LogP) is 1.44. The zero-order chi connectivity index (χ0) is 23.4. The van der Waals surface area contributed by atoms with Crippen LogP contribution in [0.25, 0.3) is 0 Å². The van der Waals surface area contributed by atoms with Crippen molar-refractivity contribution in [3.05, 3.63) is 58.9 Å². The Morgan fingerprint density at radius 3 is 2.70 bits per heavy atom. The summed E-state index contributed by atoms with van der Waals surface area (Å²) in [4.78, 5) is 19.0. The van der Waals surface area contributed by atoms with Gasteiger partial charge in [0.1, 0.15) is 16.9 Å². The molecular formula is C19H17ClF2N6O4S. The van der Waals surface area contributed by atoms with Crippen LogP contribution in [0.4, 0.5) is 8.78 Å². The van der Waals surface area contributed by atoms with E-state index in [1.807, 2.05) is 0 Å². The highest BCUT2D eigenvalue weighted by molar-refractivity contribution is 7.89. The minimum atomic E-state index is -4.11. The molecule has 174 valence electrons. The van der Waals surface area contributed by atoms with Crippen LogP contribution in [0.5, 0.6) is 0 Å². The molecule has 0 radical (unpaired) electrons. The van der Waals surface area contributed by atoms with E-state index < -0.39 is 28.4 Å². The minimum absolute atomic E-state index is 0.105. The van der Waals surface area contributed by atoms with Crippen molar-refractivity contribution in [3.63, 3.8) is 0 Å². The van der Waals surface area contributed by atoms with E-state index in [9.17, 15) is 22.0 Å². The third kappa shape index (κ3) is 3.60. The van der Waals surface area contributed by atoms with Gasteiger partial charge in [0.15, 0.2) is 0 Å². The second-order valence-electron chi connectivity index (χ2n) is 7.84. The lowest BCUT2D eigenvalue weighted by Gasteiger charge is -2.41. The molecule has 3 aromatic rings. The topological polar surface area (TPSA) is 112 Å². The van der Waals surface area contributed by atoms with E-state index in [2.05, 4.69) is 15.2 Å². The molecule has 0 unspecified atom stereocenters. The average Bonchev–Trinajstić information content (AvgIpc) is 3.43. The Hall–Kier alpha value is -2.90. The van der Waals surface area contributed by atoms with Crippen LogP contribution in [0.1, 0.15) is 17.0 Å². The van der Waals surface area contributed by atoms with Crippen molar-refractivity contribution in [2.24, 2.45) is 0 Å². The van der Waals surface area contributed by atoms with E-state index in [1.54, 1.807) is 23.2 Å². The lowest BCUT2D eigenvalue weighted by Crippen LogP contribution is -2.58. The van der Waals surface area contributed by atoms with Gasteiger partial charge in [-0.3, -0.25) is 14.5 Å². The molecule has 2 aliphatic heterocycles. The third-order valence-electron chi connectivity index (χ3n) is 5.64. The molecule has 2 aliphatic rings. The molecule has 0 atom stereocenters. The van der Waals surface area contributed by atoms with Crippen LogP contribution in [0.2, 0.25) is 5.02 Å². The van der Waals surface area contributed by atoms with Gasteiger partial charge in [-0.2, -0.15) is 22.7 Å². The number of amides is 1. The van der Waals surface area contributed by atoms with Gasteiger partial charge >= 0.3 is 0 Å². The summed E-state index contributed by atoms with van der Waals surface area (Å²) >= 11 is 6.28. The number of alkyl halides is 2. The Morgan fingerprint density at radius 2 is 2.06 bits per heavy atom. The number of fused-ring (bicyclic) bond motifs is 1. The predicted molar refractivity (Wildman–Crippen MR) is 109 cm³/mol. The second kappa shape index (κ2) is 7.85. The number of ether oxygens (including phenoxy) is 1. The summed E-state index contributed by atoms with van der Waals surface area (Å²) in [6.07, 6.45) is 2.24. The van der Waals surface area contributed by atoms with Gasteiger partial charge in [0, 0.05) is 30.7 Å². The Morgan fingerprint density at radius 1 is 1.27 bits per heavy atom. The van der Waals surface area contributed by atoms with Gasteiger partial charge in [0.25, 0.3) is 16.4 Å². The first-order valence-corrected chi connectivity index (χ1v) is 11.6. The van der Waals surface area contributed by atoms with Crippen molar-refractivity contribution in [2.75, 3.05) is 13.2 Å². The molecule has 0 saturated carbocycles. The van der Waals surface area contributed by atoms with Crippen LogP contribution in [0, 0.1) is 0 Å². The van der Waals surface area contributed by atoms with Crippen molar-refractivity contribution < 1.29 is 26.7 Å². The minimum Gasteiger partial charge on any atom is -0.378 e. The van der Waals surface area contributed by atoms with Gasteiger partial charge in [-0.15, -0.1) is 0 Å². The molecule has 0 aromatic carbocycles. The van der Waals surface area contributed by atoms with Gasteiger partial charge in [-0.1, -0.05) is 11.6 Å². The summed E-state index contributed by atoms with van der Waals surface area (Å²) in [5.74, 6) is -0.227. The Balaban J connectivity index is 1.36. The molecule has 3 aromatic heterocycles. The van der Waals surface area contributed by atoms with Crippen molar-refractivity contribution >= 4 is 27.5 Å². The first kappa shape index (κ1) is 21.9. The van der Waals surface area contributed by atoms with Crippen molar-refractivity contribution in [2.45, 2.75) is 36.4 Å². The number of halogens is 3. The average molecular weight is 499 g/mol. The van der Waals surface area contributed by atoms with Crippen LogP contribution in [-0.4, -0.2) is 62.8 Å². The van der Waals surface area contributed by atoms with Crippen molar-refractivity contribution in [1.29, 1.82) is 0 Å². The highest BCUT2D eigenvalue weighted by Crippen LogP contribution is 2.39. The Bertz CT molecular complexity index is 1310. The van der Waals surface area contributed by atoms with Crippen molar-refractivity contribution in [3.8, 4) is 0 Å². The fourth-order valence-corrected chi connectivity index (χ4v) is 5.36. The highest BCUT2D eigenvalue weighted by atomic mass is 35.5.